The average Bonchev–Trinajstić information content (AvgIpc) is 2.17. The minimum absolute atomic E-state index is 0.196. The molecule has 0 saturated carbocycles. The average molecular weight is 274 g/mol. The third-order valence-electron chi connectivity index (χ3n) is 4.54. The predicted octanol–water partition coefficient (Wildman–Crippen LogP) is 2.67. The molecule has 106 valence electrons. The van der Waals surface area contributed by atoms with Gasteiger partial charge in [-0.2, -0.15) is 0 Å². The second kappa shape index (κ2) is 4.48. The molecule has 2 atom stereocenters. The Hall–Kier alpha value is -0.0900. The summed E-state index contributed by atoms with van der Waals surface area (Å²) in [5.41, 5.74) is -0.546. The van der Waals surface area contributed by atoms with Crippen molar-refractivity contribution in [3.63, 3.8) is 0 Å². The summed E-state index contributed by atoms with van der Waals surface area (Å²) in [7, 11) is -2.95. The van der Waals surface area contributed by atoms with Crippen LogP contribution in [0.4, 0.5) is 0 Å². The van der Waals surface area contributed by atoms with Crippen molar-refractivity contribution in [3.05, 3.63) is 0 Å². The highest BCUT2D eigenvalue weighted by Gasteiger charge is 2.50. The molecular formula is C14H26O3S. The van der Waals surface area contributed by atoms with Crippen LogP contribution in [0.15, 0.2) is 0 Å². The zero-order valence-electron chi connectivity index (χ0n) is 11.8. The first kappa shape index (κ1) is 14.3. The van der Waals surface area contributed by atoms with Crippen LogP contribution in [0.2, 0.25) is 0 Å². The molecule has 2 saturated heterocycles. The number of aliphatic hydroxyl groups is 1. The number of fused-ring (bicyclic) bond motifs is 2. The molecule has 0 spiro atoms. The largest absolute Gasteiger partial charge is 0.390 e. The van der Waals surface area contributed by atoms with E-state index in [0.717, 1.165) is 32.1 Å². The summed E-state index contributed by atoms with van der Waals surface area (Å²) in [6.45, 7) is 6.49. The lowest BCUT2D eigenvalue weighted by Gasteiger charge is -2.44. The van der Waals surface area contributed by atoms with Gasteiger partial charge in [0, 0.05) is 0 Å². The van der Waals surface area contributed by atoms with Crippen molar-refractivity contribution in [3.8, 4) is 0 Å². The Bertz CT molecular complexity index is 385. The number of hydrogen-bond acceptors (Lipinski definition) is 3. The minimum Gasteiger partial charge on any atom is -0.390 e. The van der Waals surface area contributed by atoms with Crippen LogP contribution in [-0.4, -0.2) is 29.6 Å². The van der Waals surface area contributed by atoms with Crippen LogP contribution < -0.4 is 0 Å². The maximum absolute atomic E-state index is 12.2. The van der Waals surface area contributed by atoms with E-state index >= 15 is 0 Å². The topological polar surface area (TPSA) is 54.4 Å². The summed E-state index contributed by atoms with van der Waals surface area (Å²) >= 11 is 0. The Morgan fingerprint density at radius 3 is 2.11 bits per heavy atom. The molecule has 0 aromatic heterocycles. The van der Waals surface area contributed by atoms with Crippen molar-refractivity contribution >= 4 is 9.84 Å². The molecule has 2 unspecified atom stereocenters. The van der Waals surface area contributed by atoms with Crippen molar-refractivity contribution < 1.29 is 13.5 Å². The van der Waals surface area contributed by atoms with Gasteiger partial charge in [0.1, 0.15) is 0 Å². The zero-order chi connectivity index (χ0) is 13.6. The first-order valence-corrected chi connectivity index (χ1v) is 8.69. The van der Waals surface area contributed by atoms with Crippen LogP contribution >= 0.6 is 0 Å². The van der Waals surface area contributed by atoms with Crippen LogP contribution in [-0.2, 0) is 9.84 Å². The van der Waals surface area contributed by atoms with E-state index in [-0.39, 0.29) is 15.9 Å². The lowest BCUT2D eigenvalue weighted by atomic mass is 9.78. The SMILES string of the molecule is CC(C)(C)CCC1(O)CC2CCCC(C1)S2(=O)=O. The van der Waals surface area contributed by atoms with E-state index in [1.165, 1.54) is 0 Å². The van der Waals surface area contributed by atoms with Crippen molar-refractivity contribution in [2.45, 2.75) is 81.8 Å². The fraction of sp³-hybridized carbons (Fsp3) is 1.00. The van der Waals surface area contributed by atoms with E-state index in [0.29, 0.717) is 12.8 Å². The lowest BCUT2D eigenvalue weighted by molar-refractivity contribution is -0.00707. The molecule has 2 fully saturated rings. The Morgan fingerprint density at radius 2 is 1.67 bits per heavy atom. The van der Waals surface area contributed by atoms with Crippen LogP contribution in [0.5, 0.6) is 0 Å². The van der Waals surface area contributed by atoms with Crippen molar-refractivity contribution in [2.75, 3.05) is 0 Å². The highest BCUT2D eigenvalue weighted by molar-refractivity contribution is 7.92. The Morgan fingerprint density at radius 1 is 1.17 bits per heavy atom. The van der Waals surface area contributed by atoms with E-state index in [1.54, 1.807) is 0 Å². The first-order chi connectivity index (χ1) is 8.12. The van der Waals surface area contributed by atoms with Crippen molar-refractivity contribution in [2.24, 2.45) is 5.41 Å². The fourth-order valence-electron chi connectivity index (χ4n) is 3.35. The van der Waals surface area contributed by atoms with E-state index in [9.17, 15) is 13.5 Å². The van der Waals surface area contributed by atoms with E-state index in [4.69, 9.17) is 0 Å². The van der Waals surface area contributed by atoms with Crippen LogP contribution in [0, 0.1) is 5.41 Å². The molecule has 0 aromatic rings. The highest BCUT2D eigenvalue weighted by atomic mass is 32.2. The third-order valence-corrected chi connectivity index (χ3v) is 7.20. The number of rotatable bonds is 2. The van der Waals surface area contributed by atoms with Gasteiger partial charge in [-0.05, 0) is 43.9 Å². The standard InChI is InChI=1S/C14H26O3S/c1-13(2,3)7-8-14(15)9-11-5-4-6-12(10-14)18(11,16)17/h11-12,15H,4-10H2,1-3H3. The van der Waals surface area contributed by atoms with Gasteiger partial charge >= 0.3 is 0 Å². The maximum atomic E-state index is 12.2. The molecule has 2 aliphatic rings. The smallest absolute Gasteiger partial charge is 0.156 e. The number of sulfone groups is 1. The minimum atomic E-state index is -2.95. The van der Waals surface area contributed by atoms with Gasteiger partial charge in [-0.3, -0.25) is 0 Å². The van der Waals surface area contributed by atoms with E-state index in [2.05, 4.69) is 20.8 Å². The summed E-state index contributed by atoms with van der Waals surface area (Å²) in [4.78, 5) is 0. The quantitative estimate of drug-likeness (QED) is 0.842. The van der Waals surface area contributed by atoms with Crippen molar-refractivity contribution in [1.82, 2.24) is 0 Å². The summed E-state index contributed by atoms with van der Waals surface area (Å²) in [6.07, 6.45) is 5.10. The molecule has 0 aliphatic carbocycles. The monoisotopic (exact) mass is 274 g/mol. The van der Waals surface area contributed by atoms with Gasteiger partial charge in [0.15, 0.2) is 9.84 Å². The van der Waals surface area contributed by atoms with Gasteiger partial charge in [0.05, 0.1) is 16.1 Å². The third kappa shape index (κ3) is 2.90. The Balaban J connectivity index is 2.09. The number of hydrogen-bond donors (Lipinski definition) is 1. The zero-order valence-corrected chi connectivity index (χ0v) is 12.6. The molecule has 2 bridgehead atoms. The van der Waals surface area contributed by atoms with Gasteiger partial charge in [-0.1, -0.05) is 27.2 Å². The van der Waals surface area contributed by atoms with Crippen LogP contribution in [0.1, 0.15) is 65.7 Å². The Labute approximate surface area is 111 Å². The van der Waals surface area contributed by atoms with Gasteiger partial charge in [-0.25, -0.2) is 8.42 Å². The molecule has 3 nitrogen and oxygen atoms in total. The normalized spacial score (nSPS) is 39.6. The Kier molecular flexibility index (Phi) is 3.56. The van der Waals surface area contributed by atoms with E-state index in [1.807, 2.05) is 0 Å². The highest BCUT2D eigenvalue weighted by Crippen LogP contribution is 2.44. The summed E-state index contributed by atoms with van der Waals surface area (Å²) < 4.78 is 24.3. The molecule has 2 rings (SSSR count). The van der Waals surface area contributed by atoms with E-state index < -0.39 is 15.4 Å². The van der Waals surface area contributed by atoms with Gasteiger partial charge in [-0.15, -0.1) is 0 Å². The summed E-state index contributed by atoms with van der Waals surface area (Å²) in [6, 6.07) is 0. The molecule has 2 aliphatic heterocycles. The maximum Gasteiger partial charge on any atom is 0.156 e. The second-order valence-corrected chi connectivity index (χ2v) is 9.97. The molecule has 1 N–H and O–H groups in total. The molecule has 0 amide bonds. The molecule has 0 radical (unpaired) electrons. The van der Waals surface area contributed by atoms with Crippen LogP contribution in [0.25, 0.3) is 0 Å². The second-order valence-electron chi connectivity index (χ2n) is 7.46. The predicted molar refractivity (Wildman–Crippen MR) is 73.2 cm³/mol. The molecular weight excluding hydrogens is 248 g/mol. The first-order valence-electron chi connectivity index (χ1n) is 7.08. The van der Waals surface area contributed by atoms with Gasteiger partial charge in [0.2, 0.25) is 0 Å². The molecule has 2 heterocycles. The molecule has 0 aromatic carbocycles. The fourth-order valence-corrected chi connectivity index (χ4v) is 5.97. The summed E-state index contributed by atoms with van der Waals surface area (Å²) in [5.74, 6) is 0. The molecule has 4 heteroatoms. The van der Waals surface area contributed by atoms with Crippen molar-refractivity contribution in [1.29, 1.82) is 0 Å². The lowest BCUT2D eigenvalue weighted by Crippen LogP contribution is -2.51. The van der Waals surface area contributed by atoms with Gasteiger partial charge in [0.25, 0.3) is 0 Å². The van der Waals surface area contributed by atoms with Gasteiger partial charge < -0.3 is 5.11 Å². The molecule has 18 heavy (non-hydrogen) atoms. The summed E-state index contributed by atoms with van der Waals surface area (Å²) in [5, 5.41) is 10.1. The van der Waals surface area contributed by atoms with Crippen LogP contribution in [0.3, 0.4) is 0 Å².